The molecule has 0 aliphatic heterocycles. The largest absolute Gasteiger partial charge is 0.507 e. The summed E-state index contributed by atoms with van der Waals surface area (Å²) in [5, 5.41) is 12.5. The van der Waals surface area contributed by atoms with Gasteiger partial charge in [0.15, 0.2) is 0 Å². The van der Waals surface area contributed by atoms with Gasteiger partial charge in [0.2, 0.25) is 0 Å². The predicted molar refractivity (Wildman–Crippen MR) is 104 cm³/mol. The van der Waals surface area contributed by atoms with Crippen LogP contribution < -0.4 is 0 Å². The van der Waals surface area contributed by atoms with E-state index < -0.39 is 0 Å². The predicted octanol–water partition coefficient (Wildman–Crippen LogP) is 5.54. The molecular weight excluding hydrogens is 330 g/mol. The molecule has 4 saturated carbocycles. The molecule has 4 aliphatic rings. The number of phenolic OH excluding ortho intramolecular Hbond substituents is 1. The van der Waals surface area contributed by atoms with Crippen LogP contribution in [-0.2, 0) is 0 Å². The van der Waals surface area contributed by atoms with Gasteiger partial charge in [0, 0.05) is 23.2 Å². The van der Waals surface area contributed by atoms with Crippen LogP contribution in [0.2, 0.25) is 0 Å². The van der Waals surface area contributed by atoms with Gasteiger partial charge in [-0.2, -0.15) is 0 Å². The summed E-state index contributed by atoms with van der Waals surface area (Å²) < 4.78 is 0. The van der Waals surface area contributed by atoms with Crippen LogP contribution in [0.25, 0.3) is 10.8 Å². The SMILES string of the molecule is Oc1ccc2ccccc2c1C=NCC12C[C@H]3C[C@@H](CC(Cl)(C3)C1)C2. The molecule has 4 aliphatic carbocycles. The second-order valence-corrected chi connectivity index (χ2v) is 9.60. The third-order valence-corrected chi connectivity index (χ3v) is 7.15. The second kappa shape index (κ2) is 5.48. The first kappa shape index (κ1) is 15.7. The van der Waals surface area contributed by atoms with E-state index in [9.17, 15) is 5.11 Å². The van der Waals surface area contributed by atoms with Gasteiger partial charge in [-0.1, -0.05) is 30.3 Å². The van der Waals surface area contributed by atoms with Crippen LogP contribution in [-0.4, -0.2) is 22.7 Å². The van der Waals surface area contributed by atoms with Gasteiger partial charge in [0.1, 0.15) is 5.75 Å². The maximum Gasteiger partial charge on any atom is 0.124 e. The van der Waals surface area contributed by atoms with Crippen LogP contribution in [0.15, 0.2) is 41.4 Å². The molecule has 4 fully saturated rings. The Bertz CT molecular complexity index is 844. The summed E-state index contributed by atoms with van der Waals surface area (Å²) in [6.07, 6.45) is 9.38. The number of benzene rings is 2. The van der Waals surface area contributed by atoms with Gasteiger partial charge in [-0.05, 0) is 72.6 Å². The van der Waals surface area contributed by atoms with E-state index in [0.29, 0.717) is 11.2 Å². The topological polar surface area (TPSA) is 32.6 Å². The van der Waals surface area contributed by atoms with Gasteiger partial charge in [-0.25, -0.2) is 0 Å². The van der Waals surface area contributed by atoms with Crippen molar-refractivity contribution in [3.8, 4) is 5.75 Å². The van der Waals surface area contributed by atoms with E-state index in [1.165, 1.54) is 32.1 Å². The van der Waals surface area contributed by atoms with Crippen LogP contribution in [0.5, 0.6) is 5.75 Å². The molecule has 0 unspecified atom stereocenters. The quantitative estimate of drug-likeness (QED) is 0.570. The first-order valence-electron chi connectivity index (χ1n) is 9.44. The van der Waals surface area contributed by atoms with Crippen molar-refractivity contribution in [1.82, 2.24) is 0 Å². The number of aliphatic imine (C=N–C) groups is 1. The van der Waals surface area contributed by atoms with E-state index in [2.05, 4.69) is 12.1 Å². The normalized spacial score (nSPS) is 36.5. The third-order valence-electron chi connectivity index (χ3n) is 6.71. The van der Waals surface area contributed by atoms with Gasteiger partial charge in [-0.15, -0.1) is 11.6 Å². The van der Waals surface area contributed by atoms with Crippen LogP contribution in [0.1, 0.15) is 44.1 Å². The summed E-state index contributed by atoms with van der Waals surface area (Å²) in [5.41, 5.74) is 1.13. The molecule has 0 heterocycles. The zero-order valence-corrected chi connectivity index (χ0v) is 15.2. The molecule has 0 saturated heterocycles. The lowest BCUT2D eigenvalue weighted by atomic mass is 9.49. The monoisotopic (exact) mass is 353 g/mol. The number of fused-ring (bicyclic) bond motifs is 1. The summed E-state index contributed by atoms with van der Waals surface area (Å²) in [7, 11) is 0. The fourth-order valence-electron chi connectivity index (χ4n) is 6.27. The van der Waals surface area contributed by atoms with Crippen LogP contribution in [0.4, 0.5) is 0 Å². The first-order valence-corrected chi connectivity index (χ1v) is 9.82. The molecule has 2 atom stereocenters. The number of hydrogen-bond donors (Lipinski definition) is 1. The van der Waals surface area contributed by atoms with E-state index in [-0.39, 0.29) is 4.87 Å². The number of nitrogens with zero attached hydrogens (tertiary/aromatic N) is 1. The van der Waals surface area contributed by atoms with Crippen molar-refractivity contribution >= 4 is 28.6 Å². The Kier molecular flexibility index (Phi) is 3.44. The van der Waals surface area contributed by atoms with Gasteiger partial charge >= 0.3 is 0 Å². The van der Waals surface area contributed by atoms with Crippen molar-refractivity contribution in [2.24, 2.45) is 22.2 Å². The molecule has 1 N–H and O–H groups in total. The van der Waals surface area contributed by atoms with E-state index >= 15 is 0 Å². The van der Waals surface area contributed by atoms with Gasteiger partial charge in [0.25, 0.3) is 0 Å². The molecule has 0 radical (unpaired) electrons. The smallest absolute Gasteiger partial charge is 0.124 e. The van der Waals surface area contributed by atoms with Gasteiger partial charge in [-0.3, -0.25) is 4.99 Å². The van der Waals surface area contributed by atoms with E-state index in [1.807, 2.05) is 24.4 Å². The summed E-state index contributed by atoms with van der Waals surface area (Å²) in [4.78, 5) is 4.87. The fraction of sp³-hybridized carbons (Fsp3) is 0.500. The first-order chi connectivity index (χ1) is 12.0. The highest BCUT2D eigenvalue weighted by molar-refractivity contribution is 6.24. The zero-order chi connectivity index (χ0) is 17.1. The van der Waals surface area contributed by atoms with E-state index in [0.717, 1.165) is 41.1 Å². The van der Waals surface area contributed by atoms with Gasteiger partial charge in [0.05, 0.1) is 0 Å². The third kappa shape index (κ3) is 2.66. The van der Waals surface area contributed by atoms with Crippen LogP contribution in [0.3, 0.4) is 0 Å². The highest BCUT2D eigenvalue weighted by atomic mass is 35.5. The molecule has 0 aromatic heterocycles. The standard InChI is InChI=1S/C22H24ClNO/c23-22-10-15-7-16(11-22)9-21(8-15,13-22)14-24-12-19-18-4-2-1-3-17(18)5-6-20(19)25/h1-6,12,15-16,25H,7-11,13-14H2/t15-,16-,21?,22?/m1/s1. The molecule has 25 heavy (non-hydrogen) atoms. The average molecular weight is 354 g/mol. The summed E-state index contributed by atoms with van der Waals surface area (Å²) in [6.45, 7) is 0.844. The van der Waals surface area contributed by atoms with Gasteiger partial charge < -0.3 is 5.11 Å². The highest BCUT2D eigenvalue weighted by Crippen LogP contribution is 2.63. The number of aromatic hydroxyl groups is 1. The molecule has 6 rings (SSSR count). The fourth-order valence-corrected chi connectivity index (χ4v) is 6.99. The Hall–Kier alpha value is -1.54. The molecule has 0 amide bonds. The molecular formula is C22H24ClNO. The minimum Gasteiger partial charge on any atom is -0.507 e. The summed E-state index contributed by atoms with van der Waals surface area (Å²) in [5.74, 6) is 1.92. The van der Waals surface area contributed by atoms with Crippen molar-refractivity contribution in [2.75, 3.05) is 6.54 Å². The van der Waals surface area contributed by atoms with E-state index in [4.69, 9.17) is 16.6 Å². The Labute approximate surface area is 153 Å². The maximum atomic E-state index is 10.3. The minimum atomic E-state index is 0.0428. The molecule has 2 nitrogen and oxygen atoms in total. The van der Waals surface area contributed by atoms with Crippen molar-refractivity contribution < 1.29 is 5.11 Å². The molecule has 3 heteroatoms. The number of hydrogen-bond acceptors (Lipinski definition) is 2. The van der Waals surface area contributed by atoms with Crippen molar-refractivity contribution in [1.29, 1.82) is 0 Å². The molecule has 0 spiro atoms. The molecule has 2 aromatic carbocycles. The molecule has 2 aromatic rings. The number of alkyl halides is 1. The van der Waals surface area contributed by atoms with Crippen molar-refractivity contribution in [2.45, 2.75) is 43.4 Å². The Morgan fingerprint density at radius 2 is 1.84 bits per heavy atom. The van der Waals surface area contributed by atoms with Crippen LogP contribution in [0, 0.1) is 17.3 Å². The lowest BCUT2D eigenvalue weighted by Gasteiger charge is -2.59. The molecule has 4 bridgehead atoms. The molecule has 130 valence electrons. The van der Waals surface area contributed by atoms with E-state index in [1.54, 1.807) is 6.07 Å². The number of rotatable bonds is 3. The number of halogens is 1. The van der Waals surface area contributed by atoms with Crippen molar-refractivity contribution in [3.63, 3.8) is 0 Å². The summed E-state index contributed by atoms with van der Waals surface area (Å²) in [6, 6.07) is 11.9. The Morgan fingerprint density at radius 1 is 1.08 bits per heavy atom. The second-order valence-electron chi connectivity index (χ2n) is 8.80. The summed E-state index contributed by atoms with van der Waals surface area (Å²) >= 11 is 6.93. The number of phenols is 1. The van der Waals surface area contributed by atoms with Crippen molar-refractivity contribution in [3.05, 3.63) is 42.0 Å². The minimum absolute atomic E-state index is 0.0428. The maximum absolute atomic E-state index is 10.3. The average Bonchev–Trinajstić information content (AvgIpc) is 2.54. The van der Waals surface area contributed by atoms with Crippen LogP contribution >= 0.6 is 11.6 Å². The Morgan fingerprint density at radius 3 is 2.60 bits per heavy atom. The highest BCUT2D eigenvalue weighted by Gasteiger charge is 2.56. The lowest BCUT2D eigenvalue weighted by molar-refractivity contribution is -0.0336. The Balaban J connectivity index is 1.43. The lowest BCUT2D eigenvalue weighted by Crippen LogP contribution is -2.54. The zero-order valence-electron chi connectivity index (χ0n) is 14.4.